The van der Waals surface area contributed by atoms with Crippen LogP contribution in [0.3, 0.4) is 0 Å². The van der Waals surface area contributed by atoms with Gasteiger partial charge in [-0.3, -0.25) is 4.68 Å². The third-order valence-electron chi connectivity index (χ3n) is 3.47. The van der Waals surface area contributed by atoms with Crippen LogP contribution in [0.25, 0.3) is 0 Å². The van der Waals surface area contributed by atoms with Crippen LogP contribution in [0.1, 0.15) is 25.5 Å². The second-order valence-electron chi connectivity index (χ2n) is 5.74. The molecular formula is C18H25BrN2O3. The van der Waals surface area contributed by atoms with E-state index < -0.39 is 0 Å². The highest BCUT2D eigenvalue weighted by molar-refractivity contribution is 9.10. The van der Waals surface area contributed by atoms with Gasteiger partial charge >= 0.3 is 0 Å². The van der Waals surface area contributed by atoms with Crippen LogP contribution in [0.4, 0.5) is 0 Å². The van der Waals surface area contributed by atoms with Gasteiger partial charge < -0.3 is 14.2 Å². The van der Waals surface area contributed by atoms with Crippen molar-refractivity contribution >= 4 is 15.9 Å². The standard InChI is InChI=1S/C18H25BrN2O3/c1-15(21-11-18(19)10-20-21)12-22-8-9-24-16(2)13-23-14-17-6-4-3-5-7-17/h3-7,10-11,15-16H,8-9,12-14H2,1-2H3. The predicted octanol–water partition coefficient (Wildman–Crippen LogP) is 3.85. The normalized spacial score (nSPS) is 13.8. The Labute approximate surface area is 152 Å². The number of halogens is 1. The fraction of sp³-hybridized carbons (Fsp3) is 0.500. The van der Waals surface area contributed by atoms with Gasteiger partial charge in [-0.1, -0.05) is 30.3 Å². The number of hydrogen-bond donors (Lipinski definition) is 0. The Hall–Kier alpha value is -1.21. The van der Waals surface area contributed by atoms with E-state index in [4.69, 9.17) is 14.2 Å². The zero-order chi connectivity index (χ0) is 17.2. The summed E-state index contributed by atoms with van der Waals surface area (Å²) in [5.74, 6) is 0. The summed E-state index contributed by atoms with van der Waals surface area (Å²) < 4.78 is 19.8. The van der Waals surface area contributed by atoms with Gasteiger partial charge in [0.2, 0.25) is 0 Å². The molecule has 2 unspecified atom stereocenters. The first-order valence-electron chi connectivity index (χ1n) is 8.16. The summed E-state index contributed by atoms with van der Waals surface area (Å²) >= 11 is 3.39. The molecule has 6 heteroatoms. The lowest BCUT2D eigenvalue weighted by molar-refractivity contribution is -0.0361. The maximum absolute atomic E-state index is 5.69. The first-order chi connectivity index (χ1) is 11.6. The van der Waals surface area contributed by atoms with E-state index in [9.17, 15) is 0 Å². The van der Waals surface area contributed by atoms with Crippen molar-refractivity contribution in [3.05, 3.63) is 52.8 Å². The van der Waals surface area contributed by atoms with Crippen LogP contribution in [0.2, 0.25) is 0 Å². The molecule has 0 aliphatic carbocycles. The fourth-order valence-corrected chi connectivity index (χ4v) is 2.46. The van der Waals surface area contributed by atoms with Gasteiger partial charge in [-0.25, -0.2) is 0 Å². The molecule has 2 atom stereocenters. The van der Waals surface area contributed by atoms with Crippen molar-refractivity contribution in [2.45, 2.75) is 32.6 Å². The Morgan fingerprint density at radius 1 is 1.08 bits per heavy atom. The lowest BCUT2D eigenvalue weighted by Gasteiger charge is -2.15. The SMILES string of the molecule is CC(COCc1ccccc1)OCCOCC(C)n1cc(Br)cn1. The molecule has 0 aliphatic heterocycles. The lowest BCUT2D eigenvalue weighted by atomic mass is 10.2. The summed E-state index contributed by atoms with van der Waals surface area (Å²) in [4.78, 5) is 0. The van der Waals surface area contributed by atoms with Crippen molar-refractivity contribution in [3.8, 4) is 0 Å². The number of benzene rings is 1. The molecule has 2 aromatic rings. The molecule has 0 N–H and O–H groups in total. The summed E-state index contributed by atoms with van der Waals surface area (Å²) in [6, 6.07) is 10.3. The Balaban J connectivity index is 1.49. The molecule has 24 heavy (non-hydrogen) atoms. The fourth-order valence-electron chi connectivity index (χ4n) is 2.16. The molecule has 0 amide bonds. The Morgan fingerprint density at radius 3 is 2.58 bits per heavy atom. The number of rotatable bonds is 11. The summed E-state index contributed by atoms with van der Waals surface area (Å²) in [6.07, 6.45) is 3.77. The molecule has 0 fully saturated rings. The Kier molecular flexibility index (Phi) is 8.45. The molecule has 0 bridgehead atoms. The Morgan fingerprint density at radius 2 is 1.88 bits per heavy atom. The average molecular weight is 397 g/mol. The van der Waals surface area contributed by atoms with Crippen LogP contribution in [-0.2, 0) is 20.8 Å². The summed E-state index contributed by atoms with van der Waals surface area (Å²) in [7, 11) is 0. The average Bonchev–Trinajstić information content (AvgIpc) is 3.02. The van der Waals surface area contributed by atoms with Gasteiger partial charge in [0, 0.05) is 6.20 Å². The molecule has 132 valence electrons. The Bertz CT molecular complexity index is 577. The van der Waals surface area contributed by atoms with Gasteiger partial charge in [0.25, 0.3) is 0 Å². The minimum absolute atomic E-state index is 0.0526. The molecule has 0 saturated carbocycles. The third-order valence-corrected chi connectivity index (χ3v) is 3.88. The van der Waals surface area contributed by atoms with Crippen molar-refractivity contribution in [2.75, 3.05) is 26.4 Å². The molecule has 1 heterocycles. The van der Waals surface area contributed by atoms with E-state index >= 15 is 0 Å². The molecule has 5 nitrogen and oxygen atoms in total. The van der Waals surface area contributed by atoms with Crippen LogP contribution >= 0.6 is 15.9 Å². The van der Waals surface area contributed by atoms with E-state index in [0.29, 0.717) is 33.0 Å². The summed E-state index contributed by atoms with van der Waals surface area (Å²) in [6.45, 7) is 7.00. The summed E-state index contributed by atoms with van der Waals surface area (Å²) in [5.41, 5.74) is 1.17. The molecule has 0 aliphatic rings. The monoisotopic (exact) mass is 396 g/mol. The molecule has 0 spiro atoms. The molecule has 1 aromatic heterocycles. The lowest BCUT2D eigenvalue weighted by Crippen LogP contribution is -2.20. The van der Waals surface area contributed by atoms with Crippen molar-refractivity contribution in [1.82, 2.24) is 9.78 Å². The first kappa shape index (κ1) is 19.1. The number of aromatic nitrogens is 2. The highest BCUT2D eigenvalue weighted by Gasteiger charge is 2.07. The van der Waals surface area contributed by atoms with Crippen LogP contribution < -0.4 is 0 Å². The summed E-state index contributed by atoms with van der Waals surface area (Å²) in [5, 5.41) is 4.24. The van der Waals surface area contributed by atoms with E-state index in [2.05, 4.69) is 40.1 Å². The van der Waals surface area contributed by atoms with E-state index in [1.165, 1.54) is 5.56 Å². The predicted molar refractivity (Wildman–Crippen MR) is 97.0 cm³/mol. The maximum Gasteiger partial charge on any atom is 0.0781 e. The van der Waals surface area contributed by atoms with E-state index in [1.807, 2.05) is 36.0 Å². The van der Waals surface area contributed by atoms with Crippen molar-refractivity contribution < 1.29 is 14.2 Å². The molecule has 1 aromatic carbocycles. The highest BCUT2D eigenvalue weighted by atomic mass is 79.9. The van der Waals surface area contributed by atoms with Crippen molar-refractivity contribution in [2.24, 2.45) is 0 Å². The zero-order valence-electron chi connectivity index (χ0n) is 14.2. The van der Waals surface area contributed by atoms with Gasteiger partial charge in [-0.2, -0.15) is 5.10 Å². The van der Waals surface area contributed by atoms with E-state index in [-0.39, 0.29) is 12.1 Å². The zero-order valence-corrected chi connectivity index (χ0v) is 15.8. The van der Waals surface area contributed by atoms with Crippen LogP contribution in [0.15, 0.2) is 47.2 Å². The van der Waals surface area contributed by atoms with Crippen molar-refractivity contribution in [1.29, 1.82) is 0 Å². The topological polar surface area (TPSA) is 45.5 Å². The second kappa shape index (κ2) is 10.6. The van der Waals surface area contributed by atoms with Gasteiger partial charge in [0.1, 0.15) is 0 Å². The number of hydrogen-bond acceptors (Lipinski definition) is 4. The van der Waals surface area contributed by atoms with Crippen LogP contribution in [0.5, 0.6) is 0 Å². The smallest absolute Gasteiger partial charge is 0.0781 e. The molecule has 0 radical (unpaired) electrons. The van der Waals surface area contributed by atoms with E-state index in [0.717, 1.165) is 4.47 Å². The number of nitrogens with zero attached hydrogens (tertiary/aromatic N) is 2. The number of ether oxygens (including phenoxy) is 3. The van der Waals surface area contributed by atoms with Gasteiger partial charge in [0.05, 0.1) is 55.8 Å². The first-order valence-corrected chi connectivity index (χ1v) is 8.95. The minimum Gasteiger partial charge on any atom is -0.377 e. The van der Waals surface area contributed by atoms with E-state index in [1.54, 1.807) is 6.20 Å². The van der Waals surface area contributed by atoms with Crippen LogP contribution in [-0.4, -0.2) is 42.3 Å². The highest BCUT2D eigenvalue weighted by Crippen LogP contribution is 2.11. The second-order valence-corrected chi connectivity index (χ2v) is 6.66. The van der Waals surface area contributed by atoms with Crippen molar-refractivity contribution in [3.63, 3.8) is 0 Å². The van der Waals surface area contributed by atoms with Gasteiger partial charge in [-0.05, 0) is 35.3 Å². The quantitative estimate of drug-likeness (QED) is 0.541. The largest absolute Gasteiger partial charge is 0.377 e. The van der Waals surface area contributed by atoms with Crippen LogP contribution in [0, 0.1) is 0 Å². The third kappa shape index (κ3) is 7.13. The van der Waals surface area contributed by atoms with Gasteiger partial charge in [0.15, 0.2) is 0 Å². The molecule has 0 saturated heterocycles. The molecular weight excluding hydrogens is 372 g/mol. The van der Waals surface area contributed by atoms with Gasteiger partial charge in [-0.15, -0.1) is 0 Å². The maximum atomic E-state index is 5.69. The minimum atomic E-state index is 0.0526. The molecule has 2 rings (SSSR count).